The third-order valence-corrected chi connectivity index (χ3v) is 2.91. The van der Waals surface area contributed by atoms with Crippen molar-refractivity contribution in [3.05, 3.63) is 35.4 Å². The number of terminal acetylenes is 1. The quantitative estimate of drug-likeness (QED) is 0.673. The maximum atomic E-state index is 5.73. The van der Waals surface area contributed by atoms with Gasteiger partial charge in [-0.3, -0.25) is 0 Å². The Labute approximate surface area is 79.0 Å². The second-order valence-corrected chi connectivity index (χ2v) is 3.71. The van der Waals surface area contributed by atoms with Gasteiger partial charge in [-0.2, -0.15) is 0 Å². The average molecular weight is 171 g/mol. The minimum Gasteiger partial charge on any atom is -0.330 e. The van der Waals surface area contributed by atoms with Crippen LogP contribution in [0.15, 0.2) is 24.3 Å². The van der Waals surface area contributed by atoms with E-state index >= 15 is 0 Å². The molecule has 1 aliphatic rings. The lowest BCUT2D eigenvalue weighted by Gasteiger charge is -2.12. The second kappa shape index (κ2) is 2.90. The minimum atomic E-state index is 0.285. The molecule has 0 spiro atoms. The highest BCUT2D eigenvalue weighted by atomic mass is 14.7. The van der Waals surface area contributed by atoms with Gasteiger partial charge in [0.2, 0.25) is 0 Å². The molecule has 0 bridgehead atoms. The molecule has 1 aromatic carbocycles. The van der Waals surface area contributed by atoms with Crippen molar-refractivity contribution in [3.63, 3.8) is 0 Å². The van der Waals surface area contributed by atoms with Crippen LogP contribution in [0.1, 0.15) is 24.0 Å². The van der Waals surface area contributed by atoms with Crippen LogP contribution in [0.25, 0.3) is 0 Å². The van der Waals surface area contributed by atoms with Crippen molar-refractivity contribution in [1.82, 2.24) is 0 Å². The first-order valence-electron chi connectivity index (χ1n) is 4.58. The zero-order valence-electron chi connectivity index (χ0n) is 7.59. The van der Waals surface area contributed by atoms with E-state index in [2.05, 4.69) is 18.1 Å². The Morgan fingerprint density at radius 1 is 1.31 bits per heavy atom. The van der Waals surface area contributed by atoms with Gasteiger partial charge in [0.1, 0.15) is 0 Å². The van der Waals surface area contributed by atoms with Crippen LogP contribution >= 0.6 is 0 Å². The number of hydrogen-bond acceptors (Lipinski definition) is 1. The summed E-state index contributed by atoms with van der Waals surface area (Å²) in [5, 5.41) is 0. The van der Waals surface area contributed by atoms with Crippen LogP contribution in [0.4, 0.5) is 0 Å². The van der Waals surface area contributed by atoms with Crippen molar-refractivity contribution in [3.8, 4) is 12.3 Å². The van der Waals surface area contributed by atoms with E-state index in [0.29, 0.717) is 0 Å². The van der Waals surface area contributed by atoms with Gasteiger partial charge in [0.25, 0.3) is 0 Å². The van der Waals surface area contributed by atoms with Crippen LogP contribution in [-0.2, 0) is 5.41 Å². The molecule has 0 heterocycles. The molecule has 1 nitrogen and oxygen atoms in total. The van der Waals surface area contributed by atoms with Crippen LogP contribution in [0.2, 0.25) is 0 Å². The van der Waals surface area contributed by atoms with Crippen LogP contribution in [0, 0.1) is 12.3 Å². The molecule has 1 saturated carbocycles. The molecule has 1 aromatic rings. The Hall–Kier alpha value is -1.26. The van der Waals surface area contributed by atoms with Gasteiger partial charge in [0.05, 0.1) is 0 Å². The monoisotopic (exact) mass is 171 g/mol. The van der Waals surface area contributed by atoms with Gasteiger partial charge in [-0.15, -0.1) is 6.42 Å². The summed E-state index contributed by atoms with van der Waals surface area (Å²) in [6.45, 7) is 0.752. The molecular formula is C12H13N. The Balaban J connectivity index is 2.29. The Bertz CT molecular complexity index is 338. The lowest BCUT2D eigenvalue weighted by Crippen LogP contribution is -2.19. The molecule has 1 fully saturated rings. The number of benzene rings is 1. The zero-order valence-corrected chi connectivity index (χ0v) is 7.59. The Kier molecular flexibility index (Phi) is 1.86. The van der Waals surface area contributed by atoms with E-state index in [4.69, 9.17) is 12.2 Å². The standard InChI is InChI=1S/C12H13N/c1-2-10-3-5-11(6-4-10)12(9-13)7-8-12/h1,3-6H,7-9,13H2. The van der Waals surface area contributed by atoms with Crippen molar-refractivity contribution in [2.75, 3.05) is 6.54 Å². The van der Waals surface area contributed by atoms with E-state index in [-0.39, 0.29) is 5.41 Å². The number of nitrogens with two attached hydrogens (primary N) is 1. The van der Waals surface area contributed by atoms with Crippen LogP contribution < -0.4 is 5.73 Å². The highest BCUT2D eigenvalue weighted by Crippen LogP contribution is 2.46. The second-order valence-electron chi connectivity index (χ2n) is 3.71. The van der Waals surface area contributed by atoms with Gasteiger partial charge >= 0.3 is 0 Å². The molecule has 1 heteroatoms. The predicted octanol–water partition coefficient (Wildman–Crippen LogP) is 1.66. The fourth-order valence-electron chi connectivity index (χ4n) is 1.68. The summed E-state index contributed by atoms with van der Waals surface area (Å²) in [4.78, 5) is 0. The summed E-state index contributed by atoms with van der Waals surface area (Å²) in [5.74, 6) is 2.61. The van der Waals surface area contributed by atoms with Gasteiger partial charge in [-0.1, -0.05) is 18.1 Å². The van der Waals surface area contributed by atoms with Crippen molar-refractivity contribution < 1.29 is 0 Å². The highest BCUT2D eigenvalue weighted by molar-refractivity contribution is 5.39. The molecule has 0 aliphatic heterocycles. The number of rotatable bonds is 2. The predicted molar refractivity (Wildman–Crippen MR) is 54.3 cm³/mol. The van der Waals surface area contributed by atoms with E-state index in [1.807, 2.05) is 12.1 Å². The van der Waals surface area contributed by atoms with E-state index in [1.165, 1.54) is 18.4 Å². The average Bonchev–Trinajstić information content (AvgIpc) is 2.99. The molecule has 0 amide bonds. The zero-order chi connectivity index (χ0) is 9.31. The molecule has 0 atom stereocenters. The summed E-state index contributed by atoms with van der Waals surface area (Å²) in [5.41, 5.74) is 8.30. The topological polar surface area (TPSA) is 26.0 Å². The van der Waals surface area contributed by atoms with Crippen LogP contribution in [-0.4, -0.2) is 6.54 Å². The maximum Gasteiger partial charge on any atom is 0.0242 e. The molecule has 2 N–H and O–H groups in total. The SMILES string of the molecule is C#Cc1ccc(C2(CN)CC2)cc1. The Morgan fingerprint density at radius 2 is 1.92 bits per heavy atom. The third-order valence-electron chi connectivity index (χ3n) is 2.91. The molecule has 0 aromatic heterocycles. The summed E-state index contributed by atoms with van der Waals surface area (Å²) in [6, 6.07) is 8.19. The first-order chi connectivity index (χ1) is 6.30. The smallest absolute Gasteiger partial charge is 0.0242 e. The van der Waals surface area contributed by atoms with E-state index < -0.39 is 0 Å². The first-order valence-corrected chi connectivity index (χ1v) is 4.58. The van der Waals surface area contributed by atoms with E-state index in [9.17, 15) is 0 Å². The molecule has 2 rings (SSSR count). The van der Waals surface area contributed by atoms with Gasteiger partial charge in [0, 0.05) is 17.5 Å². The van der Waals surface area contributed by atoms with Crippen molar-refractivity contribution >= 4 is 0 Å². The highest BCUT2D eigenvalue weighted by Gasteiger charge is 2.42. The normalized spacial score (nSPS) is 17.8. The molecule has 0 radical (unpaired) electrons. The first kappa shape index (κ1) is 8.34. The third kappa shape index (κ3) is 1.34. The van der Waals surface area contributed by atoms with Crippen molar-refractivity contribution in [2.45, 2.75) is 18.3 Å². The van der Waals surface area contributed by atoms with Crippen LogP contribution in [0.3, 0.4) is 0 Å². The summed E-state index contributed by atoms with van der Waals surface area (Å²) in [7, 11) is 0. The largest absolute Gasteiger partial charge is 0.330 e. The molecule has 13 heavy (non-hydrogen) atoms. The van der Waals surface area contributed by atoms with Crippen molar-refractivity contribution in [1.29, 1.82) is 0 Å². The summed E-state index contributed by atoms with van der Waals surface area (Å²) >= 11 is 0. The molecule has 0 unspecified atom stereocenters. The van der Waals surface area contributed by atoms with E-state index in [1.54, 1.807) is 0 Å². The minimum absolute atomic E-state index is 0.285. The molecule has 0 saturated heterocycles. The van der Waals surface area contributed by atoms with Gasteiger partial charge in [-0.25, -0.2) is 0 Å². The number of hydrogen-bond donors (Lipinski definition) is 1. The molecular weight excluding hydrogens is 158 g/mol. The van der Waals surface area contributed by atoms with E-state index in [0.717, 1.165) is 12.1 Å². The van der Waals surface area contributed by atoms with Crippen LogP contribution in [0.5, 0.6) is 0 Å². The fourth-order valence-corrected chi connectivity index (χ4v) is 1.68. The molecule has 66 valence electrons. The fraction of sp³-hybridized carbons (Fsp3) is 0.333. The lowest BCUT2D eigenvalue weighted by molar-refractivity contribution is 0.705. The van der Waals surface area contributed by atoms with Crippen molar-refractivity contribution in [2.24, 2.45) is 5.73 Å². The maximum absolute atomic E-state index is 5.73. The summed E-state index contributed by atoms with van der Waals surface area (Å²) in [6.07, 6.45) is 7.72. The lowest BCUT2D eigenvalue weighted by atomic mass is 9.95. The molecule has 1 aliphatic carbocycles. The summed E-state index contributed by atoms with van der Waals surface area (Å²) < 4.78 is 0. The van der Waals surface area contributed by atoms with Gasteiger partial charge in [0.15, 0.2) is 0 Å². The van der Waals surface area contributed by atoms with Gasteiger partial charge < -0.3 is 5.73 Å². The Morgan fingerprint density at radius 3 is 2.31 bits per heavy atom. The van der Waals surface area contributed by atoms with Gasteiger partial charge in [-0.05, 0) is 30.5 Å².